The third-order valence-corrected chi connectivity index (χ3v) is 6.12. The van der Waals surface area contributed by atoms with Gasteiger partial charge in [-0.2, -0.15) is 0 Å². The van der Waals surface area contributed by atoms with Crippen LogP contribution in [0.5, 0.6) is 0 Å². The number of para-hydroxylation sites is 1. The quantitative estimate of drug-likeness (QED) is 0.467. The molecule has 1 atom stereocenters. The molecule has 0 bridgehead atoms. The van der Waals surface area contributed by atoms with E-state index in [2.05, 4.69) is 15.0 Å². The number of ether oxygens (including phenoxy) is 1. The van der Waals surface area contributed by atoms with Crippen LogP contribution in [0, 0.1) is 0 Å². The molecule has 0 aliphatic rings. The van der Waals surface area contributed by atoms with Crippen LogP contribution in [0.3, 0.4) is 0 Å². The van der Waals surface area contributed by atoms with Crippen LogP contribution >= 0.6 is 0 Å². The molecule has 0 saturated heterocycles. The molecule has 0 aliphatic heterocycles. The van der Waals surface area contributed by atoms with E-state index in [1.54, 1.807) is 38.1 Å². The lowest BCUT2D eigenvalue weighted by Crippen LogP contribution is -2.31. The number of amides is 1. The maximum atomic E-state index is 12.6. The highest BCUT2D eigenvalue weighted by molar-refractivity contribution is 7.89. The van der Waals surface area contributed by atoms with Crippen molar-refractivity contribution in [2.75, 3.05) is 5.32 Å². The topological polar surface area (TPSA) is 134 Å². The van der Waals surface area contributed by atoms with Gasteiger partial charge in [0.25, 0.3) is 5.91 Å². The summed E-state index contributed by atoms with van der Waals surface area (Å²) in [6.07, 6.45) is -1.16. The number of pyridine rings is 1. The molecule has 0 aliphatic carbocycles. The molecule has 9 nitrogen and oxygen atoms in total. The van der Waals surface area contributed by atoms with Gasteiger partial charge in [0, 0.05) is 28.7 Å². The average Bonchev–Trinajstić information content (AvgIpc) is 2.72. The summed E-state index contributed by atoms with van der Waals surface area (Å²) < 4.78 is 32.1. The molecule has 2 aromatic carbocycles. The zero-order valence-electron chi connectivity index (χ0n) is 17.7. The van der Waals surface area contributed by atoms with Crippen LogP contribution < -0.4 is 15.6 Å². The van der Waals surface area contributed by atoms with Gasteiger partial charge in [-0.3, -0.25) is 9.59 Å². The third-order valence-electron chi connectivity index (χ3n) is 4.45. The van der Waals surface area contributed by atoms with Gasteiger partial charge in [-0.15, -0.1) is 0 Å². The smallest absolute Gasteiger partial charge is 0.339 e. The molecule has 3 N–H and O–H groups in total. The Morgan fingerprint density at radius 3 is 2.31 bits per heavy atom. The van der Waals surface area contributed by atoms with Crippen molar-refractivity contribution in [3.8, 4) is 0 Å². The number of nitrogens with one attached hydrogen (secondary N) is 3. The van der Waals surface area contributed by atoms with Crippen molar-refractivity contribution < 1.29 is 22.7 Å². The number of benzene rings is 2. The van der Waals surface area contributed by atoms with Crippen molar-refractivity contribution in [3.05, 3.63) is 70.5 Å². The summed E-state index contributed by atoms with van der Waals surface area (Å²) in [4.78, 5) is 39.6. The molecule has 3 rings (SSSR count). The molecular formula is C22H23N3O6S. The SMILES string of the molecule is CC(C)NS(=O)(=O)c1ccc(NC(=O)C(C)OC(=O)c2cc(=O)[nH]c3ccccc23)cc1. The summed E-state index contributed by atoms with van der Waals surface area (Å²) in [7, 11) is -3.65. The van der Waals surface area contributed by atoms with E-state index in [0.29, 0.717) is 16.6 Å². The number of carbonyl (C=O) groups is 2. The van der Waals surface area contributed by atoms with Crippen LogP contribution in [-0.4, -0.2) is 37.4 Å². The van der Waals surface area contributed by atoms with Crippen LogP contribution in [0.25, 0.3) is 10.9 Å². The lowest BCUT2D eigenvalue weighted by atomic mass is 10.1. The van der Waals surface area contributed by atoms with Gasteiger partial charge < -0.3 is 15.0 Å². The number of rotatable bonds is 7. The molecule has 168 valence electrons. The first kappa shape index (κ1) is 23.2. The van der Waals surface area contributed by atoms with Gasteiger partial charge in [0.1, 0.15) is 0 Å². The lowest BCUT2D eigenvalue weighted by molar-refractivity contribution is -0.123. The van der Waals surface area contributed by atoms with Crippen LogP contribution in [0.4, 0.5) is 5.69 Å². The van der Waals surface area contributed by atoms with Gasteiger partial charge in [-0.25, -0.2) is 17.9 Å². The summed E-state index contributed by atoms with van der Waals surface area (Å²) in [6, 6.07) is 13.2. The Bertz CT molecular complexity index is 1310. The Kier molecular flexibility index (Phi) is 6.75. The Balaban J connectivity index is 1.69. The number of hydrogen-bond donors (Lipinski definition) is 3. The van der Waals surface area contributed by atoms with Crippen LogP contribution in [0.2, 0.25) is 0 Å². The minimum atomic E-state index is -3.65. The van der Waals surface area contributed by atoms with E-state index in [1.165, 1.54) is 31.2 Å². The molecule has 10 heteroatoms. The van der Waals surface area contributed by atoms with Crippen molar-refractivity contribution >= 4 is 38.5 Å². The van der Waals surface area contributed by atoms with Crippen molar-refractivity contribution in [2.24, 2.45) is 0 Å². The van der Waals surface area contributed by atoms with Gasteiger partial charge in [-0.05, 0) is 51.1 Å². The third kappa shape index (κ3) is 5.40. The van der Waals surface area contributed by atoms with E-state index in [0.717, 1.165) is 6.07 Å². The van der Waals surface area contributed by atoms with E-state index in [4.69, 9.17) is 4.74 Å². The molecule has 32 heavy (non-hydrogen) atoms. The predicted octanol–water partition coefficient (Wildman–Crippen LogP) is 2.40. The van der Waals surface area contributed by atoms with E-state index in [9.17, 15) is 22.8 Å². The number of sulfonamides is 1. The van der Waals surface area contributed by atoms with E-state index < -0.39 is 33.6 Å². The summed E-state index contributed by atoms with van der Waals surface area (Å²) in [5.41, 5.74) is 0.403. The van der Waals surface area contributed by atoms with Crippen molar-refractivity contribution in [2.45, 2.75) is 37.8 Å². The van der Waals surface area contributed by atoms with E-state index in [-0.39, 0.29) is 16.5 Å². The van der Waals surface area contributed by atoms with Crippen LogP contribution in [0.1, 0.15) is 31.1 Å². The number of esters is 1. The summed E-state index contributed by atoms with van der Waals surface area (Å²) in [6.45, 7) is 4.82. The van der Waals surface area contributed by atoms with E-state index >= 15 is 0 Å². The number of H-pyrrole nitrogens is 1. The first-order chi connectivity index (χ1) is 15.1. The van der Waals surface area contributed by atoms with Crippen molar-refractivity contribution in [1.82, 2.24) is 9.71 Å². The van der Waals surface area contributed by atoms with Crippen LogP contribution in [0.15, 0.2) is 64.3 Å². The van der Waals surface area contributed by atoms with Crippen LogP contribution in [-0.2, 0) is 19.6 Å². The summed E-state index contributed by atoms with van der Waals surface area (Å²) in [5.74, 6) is -1.42. The standard InChI is InChI=1S/C22H23N3O6S/c1-13(2)25-32(29,30)16-10-8-15(9-11-16)23-21(27)14(3)31-22(28)18-12-20(26)24-19-7-5-4-6-17(18)19/h4-14,25H,1-3H3,(H,23,27)(H,24,26). The average molecular weight is 458 g/mol. The highest BCUT2D eigenvalue weighted by Gasteiger charge is 2.21. The zero-order valence-corrected chi connectivity index (χ0v) is 18.5. The van der Waals surface area contributed by atoms with Gasteiger partial charge in [0.05, 0.1) is 10.5 Å². The zero-order chi connectivity index (χ0) is 23.5. The number of fused-ring (bicyclic) bond motifs is 1. The fraction of sp³-hybridized carbons (Fsp3) is 0.227. The molecule has 1 amide bonds. The largest absolute Gasteiger partial charge is 0.449 e. The molecule has 3 aromatic rings. The number of hydrogen-bond acceptors (Lipinski definition) is 6. The summed E-state index contributed by atoms with van der Waals surface area (Å²) in [5, 5.41) is 3.06. The van der Waals surface area contributed by atoms with Crippen molar-refractivity contribution in [3.63, 3.8) is 0 Å². The summed E-state index contributed by atoms with van der Waals surface area (Å²) >= 11 is 0. The Morgan fingerprint density at radius 2 is 1.66 bits per heavy atom. The Morgan fingerprint density at radius 1 is 1.00 bits per heavy atom. The molecule has 1 aromatic heterocycles. The molecule has 1 unspecified atom stereocenters. The lowest BCUT2D eigenvalue weighted by Gasteiger charge is -2.15. The fourth-order valence-electron chi connectivity index (χ4n) is 2.99. The second kappa shape index (κ2) is 9.33. The van der Waals surface area contributed by atoms with Gasteiger partial charge >= 0.3 is 5.97 Å². The first-order valence-corrected chi connectivity index (χ1v) is 11.3. The molecule has 1 heterocycles. The molecule has 0 fully saturated rings. The first-order valence-electron chi connectivity index (χ1n) is 9.83. The minimum Gasteiger partial charge on any atom is -0.449 e. The Labute approximate surface area is 184 Å². The molecule has 0 saturated carbocycles. The number of carbonyl (C=O) groups excluding carboxylic acids is 2. The second-order valence-electron chi connectivity index (χ2n) is 7.43. The maximum Gasteiger partial charge on any atom is 0.339 e. The van der Waals surface area contributed by atoms with Gasteiger partial charge in [0.2, 0.25) is 15.6 Å². The maximum absolute atomic E-state index is 12.6. The number of anilines is 1. The van der Waals surface area contributed by atoms with Gasteiger partial charge in [-0.1, -0.05) is 18.2 Å². The number of aromatic nitrogens is 1. The normalized spacial score (nSPS) is 12.5. The minimum absolute atomic E-state index is 0.0520. The van der Waals surface area contributed by atoms with Crippen molar-refractivity contribution in [1.29, 1.82) is 0 Å². The second-order valence-corrected chi connectivity index (χ2v) is 9.14. The molecule has 0 radical (unpaired) electrons. The monoisotopic (exact) mass is 457 g/mol. The number of aromatic amines is 1. The molecule has 0 spiro atoms. The highest BCUT2D eigenvalue weighted by Crippen LogP contribution is 2.18. The van der Waals surface area contributed by atoms with Gasteiger partial charge in [0.15, 0.2) is 6.10 Å². The molecular weight excluding hydrogens is 434 g/mol. The highest BCUT2D eigenvalue weighted by atomic mass is 32.2. The Hall–Kier alpha value is -3.50. The fourth-order valence-corrected chi connectivity index (χ4v) is 4.24. The predicted molar refractivity (Wildman–Crippen MR) is 120 cm³/mol. The van der Waals surface area contributed by atoms with E-state index in [1.807, 2.05) is 0 Å².